The Bertz CT molecular complexity index is 276. The summed E-state index contributed by atoms with van der Waals surface area (Å²) in [6.45, 7) is -1.05. The molecule has 0 aliphatic rings. The summed E-state index contributed by atoms with van der Waals surface area (Å²) in [7, 11) is -9.83. The number of hydrogen-bond acceptors (Lipinski definition) is 6. The fourth-order valence-corrected chi connectivity index (χ4v) is 1.24. The topological polar surface area (TPSA) is 174 Å². The Kier molecular flexibility index (Phi) is 5.51. The van der Waals surface area contributed by atoms with Crippen LogP contribution in [0.15, 0.2) is 0 Å². The number of phosphoric ester groups is 2. The molecule has 0 aromatic carbocycles. The average Bonchev–Trinajstić information content (AvgIpc) is 1.95. The van der Waals surface area contributed by atoms with Gasteiger partial charge in [-0.1, -0.05) is 0 Å². The standard InChI is InChI=1S/C3H10O10P2/c4-2(1-12-14(6,7)8)3(5)13-15(9,10)11/h2-5H,1H2,(H2,6,7,8)(H2,9,10,11). The molecule has 0 rings (SSSR count). The van der Waals surface area contributed by atoms with Gasteiger partial charge in [-0.25, -0.2) is 9.13 Å². The molecule has 0 aliphatic heterocycles. The molecule has 10 nitrogen and oxygen atoms in total. The molecule has 0 bridgehead atoms. The molecule has 0 spiro atoms. The second kappa shape index (κ2) is 5.46. The van der Waals surface area contributed by atoms with Gasteiger partial charge in [0.25, 0.3) is 0 Å². The van der Waals surface area contributed by atoms with E-state index in [1.54, 1.807) is 0 Å². The average molecular weight is 268 g/mol. The summed E-state index contributed by atoms with van der Waals surface area (Å²) in [5, 5.41) is 17.6. The Hall–Kier alpha value is 0.140. The molecular formula is C3H10O10P2. The fraction of sp³-hybridized carbons (Fsp3) is 1.00. The van der Waals surface area contributed by atoms with Gasteiger partial charge in [0, 0.05) is 0 Å². The molecule has 12 heteroatoms. The monoisotopic (exact) mass is 268 g/mol. The van der Waals surface area contributed by atoms with Crippen molar-refractivity contribution >= 4 is 15.6 Å². The minimum atomic E-state index is -5.00. The third-order valence-corrected chi connectivity index (χ3v) is 1.96. The molecule has 15 heavy (non-hydrogen) atoms. The predicted octanol–water partition coefficient (Wildman–Crippen LogP) is -2.12. The van der Waals surface area contributed by atoms with Gasteiger partial charge in [-0.15, -0.1) is 0 Å². The largest absolute Gasteiger partial charge is 0.472 e. The molecule has 92 valence electrons. The van der Waals surface area contributed by atoms with E-state index in [1.807, 2.05) is 0 Å². The molecule has 0 aromatic heterocycles. The van der Waals surface area contributed by atoms with E-state index in [4.69, 9.17) is 29.8 Å². The number of rotatable bonds is 6. The fourth-order valence-electron chi connectivity index (χ4n) is 0.467. The first-order valence-corrected chi connectivity index (χ1v) is 6.37. The van der Waals surface area contributed by atoms with Crippen LogP contribution in [0.5, 0.6) is 0 Å². The minimum absolute atomic E-state index is 1.05. The van der Waals surface area contributed by atoms with Crippen molar-refractivity contribution in [2.45, 2.75) is 12.4 Å². The van der Waals surface area contributed by atoms with E-state index >= 15 is 0 Å². The predicted molar refractivity (Wildman–Crippen MR) is 43.1 cm³/mol. The third-order valence-electron chi connectivity index (χ3n) is 0.988. The maximum Gasteiger partial charge on any atom is 0.472 e. The molecule has 0 saturated carbocycles. The first kappa shape index (κ1) is 15.1. The summed E-state index contributed by atoms with van der Waals surface area (Å²) in [5.41, 5.74) is 0. The van der Waals surface area contributed by atoms with Crippen LogP contribution in [0, 0.1) is 0 Å². The summed E-state index contributed by atoms with van der Waals surface area (Å²) in [5.74, 6) is 0. The Morgan fingerprint density at radius 1 is 1.00 bits per heavy atom. The number of hydrogen-bond donors (Lipinski definition) is 6. The molecule has 0 aliphatic carbocycles. The van der Waals surface area contributed by atoms with Crippen LogP contribution in [0.1, 0.15) is 0 Å². The van der Waals surface area contributed by atoms with Crippen molar-refractivity contribution in [1.29, 1.82) is 0 Å². The molecule has 0 radical (unpaired) electrons. The second-order valence-electron chi connectivity index (χ2n) is 2.34. The lowest BCUT2D eigenvalue weighted by Crippen LogP contribution is -2.31. The summed E-state index contributed by atoms with van der Waals surface area (Å²) in [6.07, 6.45) is -4.33. The highest BCUT2D eigenvalue weighted by molar-refractivity contribution is 7.46. The van der Waals surface area contributed by atoms with Crippen LogP contribution >= 0.6 is 15.6 Å². The maximum atomic E-state index is 10.2. The summed E-state index contributed by atoms with van der Waals surface area (Å²) < 4.78 is 27.6. The van der Waals surface area contributed by atoms with Gasteiger partial charge in [0.1, 0.15) is 6.10 Å². The maximum absolute atomic E-state index is 10.2. The van der Waals surface area contributed by atoms with Crippen LogP contribution < -0.4 is 0 Å². The zero-order valence-electron chi connectivity index (χ0n) is 7.07. The lowest BCUT2D eigenvalue weighted by Gasteiger charge is -2.18. The molecule has 0 aromatic rings. The summed E-state index contributed by atoms with van der Waals surface area (Å²) in [6, 6.07) is 0. The Morgan fingerprint density at radius 3 is 1.80 bits per heavy atom. The molecule has 2 unspecified atom stereocenters. The van der Waals surface area contributed by atoms with Crippen molar-refractivity contribution in [2.75, 3.05) is 6.61 Å². The number of aliphatic hydroxyl groups excluding tert-OH is 2. The molecule has 6 N–H and O–H groups in total. The molecule has 0 fully saturated rings. The van der Waals surface area contributed by atoms with Gasteiger partial charge in [-0.2, -0.15) is 0 Å². The van der Waals surface area contributed by atoms with Crippen molar-refractivity contribution in [3.05, 3.63) is 0 Å². The van der Waals surface area contributed by atoms with Crippen LogP contribution in [-0.4, -0.2) is 48.8 Å². The highest BCUT2D eigenvalue weighted by Crippen LogP contribution is 2.39. The highest BCUT2D eigenvalue weighted by atomic mass is 31.2. The first-order valence-electron chi connectivity index (χ1n) is 3.31. The van der Waals surface area contributed by atoms with Gasteiger partial charge in [-0.3, -0.25) is 9.05 Å². The van der Waals surface area contributed by atoms with Gasteiger partial charge in [0.15, 0.2) is 6.29 Å². The number of aliphatic hydroxyl groups is 2. The van der Waals surface area contributed by atoms with Crippen LogP contribution in [0.4, 0.5) is 0 Å². The molecule has 2 atom stereocenters. The van der Waals surface area contributed by atoms with Crippen molar-refractivity contribution < 1.29 is 48.0 Å². The SMILES string of the molecule is O=P(O)(O)OCC(O)C(O)OP(=O)(O)O. The Labute approximate surface area is 83.6 Å². The molecule has 0 amide bonds. The van der Waals surface area contributed by atoms with Gasteiger partial charge < -0.3 is 29.8 Å². The number of phosphoric acid groups is 2. The third kappa shape index (κ3) is 9.09. The lowest BCUT2D eigenvalue weighted by molar-refractivity contribution is -0.126. The summed E-state index contributed by atoms with van der Waals surface area (Å²) in [4.78, 5) is 32.7. The van der Waals surface area contributed by atoms with Gasteiger partial charge in [0.05, 0.1) is 6.61 Å². The summed E-state index contributed by atoms with van der Waals surface area (Å²) >= 11 is 0. The Balaban J connectivity index is 4.06. The van der Waals surface area contributed by atoms with E-state index in [0.717, 1.165) is 0 Å². The van der Waals surface area contributed by atoms with Crippen molar-refractivity contribution in [3.8, 4) is 0 Å². The molecule has 0 saturated heterocycles. The van der Waals surface area contributed by atoms with Gasteiger partial charge >= 0.3 is 15.6 Å². The van der Waals surface area contributed by atoms with Crippen LogP contribution in [0.3, 0.4) is 0 Å². The normalized spacial score (nSPS) is 17.5. The smallest absolute Gasteiger partial charge is 0.385 e. The van der Waals surface area contributed by atoms with E-state index in [2.05, 4.69) is 9.05 Å². The zero-order chi connectivity index (χ0) is 12.3. The van der Waals surface area contributed by atoms with Crippen LogP contribution in [0.2, 0.25) is 0 Å². The van der Waals surface area contributed by atoms with Crippen molar-refractivity contribution in [1.82, 2.24) is 0 Å². The molecule has 0 heterocycles. The van der Waals surface area contributed by atoms with Gasteiger partial charge in [-0.05, 0) is 0 Å². The van der Waals surface area contributed by atoms with E-state index in [9.17, 15) is 9.13 Å². The quantitative estimate of drug-likeness (QED) is 0.231. The van der Waals surface area contributed by atoms with Gasteiger partial charge in [0.2, 0.25) is 0 Å². The van der Waals surface area contributed by atoms with Crippen molar-refractivity contribution in [2.24, 2.45) is 0 Å². The van der Waals surface area contributed by atoms with E-state index in [0.29, 0.717) is 0 Å². The zero-order valence-corrected chi connectivity index (χ0v) is 8.86. The Morgan fingerprint density at radius 2 is 1.47 bits per heavy atom. The first-order chi connectivity index (χ1) is 6.51. The van der Waals surface area contributed by atoms with E-state index in [-0.39, 0.29) is 0 Å². The van der Waals surface area contributed by atoms with Crippen LogP contribution in [0.25, 0.3) is 0 Å². The minimum Gasteiger partial charge on any atom is -0.385 e. The van der Waals surface area contributed by atoms with Crippen molar-refractivity contribution in [3.63, 3.8) is 0 Å². The molecular weight excluding hydrogens is 258 g/mol. The lowest BCUT2D eigenvalue weighted by atomic mass is 10.4. The van der Waals surface area contributed by atoms with E-state index in [1.165, 1.54) is 0 Å². The van der Waals surface area contributed by atoms with E-state index < -0.39 is 34.6 Å². The van der Waals surface area contributed by atoms with Crippen LogP contribution in [-0.2, 0) is 18.2 Å². The second-order valence-corrected chi connectivity index (χ2v) is 4.77. The highest BCUT2D eigenvalue weighted by Gasteiger charge is 2.28.